The Bertz CT molecular complexity index is 287. The van der Waals surface area contributed by atoms with Crippen molar-refractivity contribution in [1.29, 1.82) is 0 Å². The molecule has 2 nitrogen and oxygen atoms in total. The van der Waals surface area contributed by atoms with Crippen LogP contribution in [0.1, 0.15) is 55.1 Å². The molecule has 0 amide bonds. The standard InChI is InChI=1S/C11H18N2S/c1-2-8(6-12)11-13-10(7-14-11)9-4-3-5-9/h7-9H,2-6,12H2,1H3. The molecular weight excluding hydrogens is 192 g/mol. The molecule has 1 atom stereocenters. The van der Waals surface area contributed by atoms with Crippen LogP contribution in [0.15, 0.2) is 5.38 Å². The zero-order valence-electron chi connectivity index (χ0n) is 8.70. The molecule has 2 rings (SSSR count). The minimum atomic E-state index is 0.480. The minimum absolute atomic E-state index is 0.480. The summed E-state index contributed by atoms with van der Waals surface area (Å²) in [5.74, 6) is 1.24. The first-order valence-corrected chi connectivity index (χ1v) is 6.38. The lowest BCUT2D eigenvalue weighted by atomic mass is 9.83. The van der Waals surface area contributed by atoms with Crippen LogP contribution in [0.4, 0.5) is 0 Å². The van der Waals surface area contributed by atoms with E-state index in [1.54, 1.807) is 11.3 Å². The van der Waals surface area contributed by atoms with Crippen molar-refractivity contribution in [1.82, 2.24) is 4.98 Å². The normalized spacial score (nSPS) is 19.3. The van der Waals surface area contributed by atoms with Crippen LogP contribution in [-0.2, 0) is 0 Å². The Morgan fingerprint density at radius 2 is 2.43 bits per heavy atom. The summed E-state index contributed by atoms with van der Waals surface area (Å²) in [7, 11) is 0. The van der Waals surface area contributed by atoms with Crippen molar-refractivity contribution in [3.8, 4) is 0 Å². The molecule has 0 spiro atoms. The minimum Gasteiger partial charge on any atom is -0.330 e. The van der Waals surface area contributed by atoms with Crippen molar-refractivity contribution in [2.75, 3.05) is 6.54 Å². The summed E-state index contributed by atoms with van der Waals surface area (Å²) in [6, 6.07) is 0. The molecule has 0 aliphatic heterocycles. The number of hydrogen-bond acceptors (Lipinski definition) is 3. The molecule has 1 aromatic heterocycles. The Morgan fingerprint density at radius 1 is 1.64 bits per heavy atom. The van der Waals surface area contributed by atoms with Gasteiger partial charge >= 0.3 is 0 Å². The number of aromatic nitrogens is 1. The highest BCUT2D eigenvalue weighted by Crippen LogP contribution is 2.37. The van der Waals surface area contributed by atoms with E-state index in [2.05, 4.69) is 12.3 Å². The zero-order valence-corrected chi connectivity index (χ0v) is 9.52. The van der Waals surface area contributed by atoms with Gasteiger partial charge in [-0.1, -0.05) is 13.3 Å². The van der Waals surface area contributed by atoms with Crippen LogP contribution in [0.3, 0.4) is 0 Å². The van der Waals surface area contributed by atoms with Crippen LogP contribution in [0, 0.1) is 0 Å². The lowest BCUT2D eigenvalue weighted by Gasteiger charge is -2.23. The van der Waals surface area contributed by atoms with Crippen molar-refractivity contribution < 1.29 is 0 Å². The first kappa shape index (κ1) is 10.1. The maximum Gasteiger partial charge on any atom is 0.0971 e. The second kappa shape index (κ2) is 4.41. The summed E-state index contributed by atoms with van der Waals surface area (Å²) in [6.45, 7) is 2.91. The van der Waals surface area contributed by atoms with Crippen molar-refractivity contribution in [3.63, 3.8) is 0 Å². The molecule has 3 heteroatoms. The molecule has 1 aliphatic rings. The molecule has 1 aromatic rings. The van der Waals surface area contributed by atoms with Gasteiger partial charge < -0.3 is 5.73 Å². The summed E-state index contributed by atoms with van der Waals surface area (Å²) in [5, 5.41) is 3.48. The van der Waals surface area contributed by atoms with Crippen LogP contribution in [0.5, 0.6) is 0 Å². The van der Waals surface area contributed by atoms with Gasteiger partial charge in [-0.3, -0.25) is 0 Å². The second-order valence-corrected chi connectivity index (χ2v) is 4.97. The Morgan fingerprint density at radius 3 is 2.93 bits per heavy atom. The Hall–Kier alpha value is -0.410. The molecule has 0 radical (unpaired) electrons. The second-order valence-electron chi connectivity index (χ2n) is 4.08. The highest BCUT2D eigenvalue weighted by molar-refractivity contribution is 7.09. The SMILES string of the molecule is CCC(CN)c1nc(C2CCC2)cs1. The van der Waals surface area contributed by atoms with Gasteiger partial charge in [-0.2, -0.15) is 0 Å². The first-order valence-electron chi connectivity index (χ1n) is 5.50. The molecule has 1 saturated carbocycles. The summed E-state index contributed by atoms with van der Waals surface area (Å²) in [6.07, 6.45) is 5.16. The molecule has 1 unspecified atom stereocenters. The number of nitrogens with zero attached hydrogens (tertiary/aromatic N) is 1. The first-order chi connectivity index (χ1) is 6.85. The molecule has 1 aliphatic carbocycles. The fourth-order valence-corrected chi connectivity index (χ4v) is 2.92. The third kappa shape index (κ3) is 1.84. The molecule has 14 heavy (non-hydrogen) atoms. The Balaban J connectivity index is 2.07. The van der Waals surface area contributed by atoms with E-state index in [0.29, 0.717) is 5.92 Å². The Kier molecular flexibility index (Phi) is 3.19. The van der Waals surface area contributed by atoms with Crippen LogP contribution in [0.2, 0.25) is 0 Å². The van der Waals surface area contributed by atoms with Crippen molar-refractivity contribution in [3.05, 3.63) is 16.1 Å². The average molecular weight is 210 g/mol. The van der Waals surface area contributed by atoms with E-state index >= 15 is 0 Å². The quantitative estimate of drug-likeness (QED) is 0.830. The molecule has 2 N–H and O–H groups in total. The van der Waals surface area contributed by atoms with E-state index in [4.69, 9.17) is 10.7 Å². The van der Waals surface area contributed by atoms with Crippen molar-refractivity contribution in [2.45, 2.75) is 44.4 Å². The fraction of sp³-hybridized carbons (Fsp3) is 0.727. The van der Waals surface area contributed by atoms with E-state index in [9.17, 15) is 0 Å². The largest absolute Gasteiger partial charge is 0.330 e. The topological polar surface area (TPSA) is 38.9 Å². The smallest absolute Gasteiger partial charge is 0.0971 e. The van der Waals surface area contributed by atoms with E-state index in [1.807, 2.05) is 0 Å². The van der Waals surface area contributed by atoms with Crippen LogP contribution in [-0.4, -0.2) is 11.5 Å². The summed E-state index contributed by atoms with van der Waals surface area (Å²) >= 11 is 1.79. The van der Waals surface area contributed by atoms with Crippen LogP contribution < -0.4 is 5.73 Å². The predicted molar refractivity (Wildman–Crippen MR) is 60.8 cm³/mol. The Labute approximate surface area is 89.5 Å². The van der Waals surface area contributed by atoms with Crippen LogP contribution >= 0.6 is 11.3 Å². The third-order valence-corrected chi connectivity index (χ3v) is 4.22. The van der Waals surface area contributed by atoms with Gasteiger partial charge in [-0.25, -0.2) is 4.98 Å². The van der Waals surface area contributed by atoms with Crippen molar-refractivity contribution in [2.24, 2.45) is 5.73 Å². The molecule has 0 saturated heterocycles. The molecule has 78 valence electrons. The fourth-order valence-electron chi connectivity index (χ4n) is 1.82. The number of thiazole rings is 1. The molecular formula is C11H18N2S. The third-order valence-electron chi connectivity index (χ3n) is 3.19. The highest BCUT2D eigenvalue weighted by Gasteiger charge is 2.23. The maximum atomic E-state index is 5.71. The van der Waals surface area contributed by atoms with E-state index < -0.39 is 0 Å². The molecule has 0 aromatic carbocycles. The van der Waals surface area contributed by atoms with Gasteiger partial charge in [0.2, 0.25) is 0 Å². The van der Waals surface area contributed by atoms with Gasteiger partial charge in [0, 0.05) is 23.8 Å². The van der Waals surface area contributed by atoms with Gasteiger partial charge in [0.15, 0.2) is 0 Å². The van der Waals surface area contributed by atoms with E-state index in [1.165, 1.54) is 30.0 Å². The molecule has 0 bridgehead atoms. The summed E-state index contributed by atoms with van der Waals surface area (Å²) < 4.78 is 0. The van der Waals surface area contributed by atoms with E-state index in [-0.39, 0.29) is 0 Å². The van der Waals surface area contributed by atoms with Crippen LogP contribution in [0.25, 0.3) is 0 Å². The lowest BCUT2D eigenvalue weighted by molar-refractivity contribution is 0.411. The van der Waals surface area contributed by atoms with Gasteiger partial charge in [0.1, 0.15) is 0 Å². The number of nitrogens with two attached hydrogens (primary N) is 1. The summed E-state index contributed by atoms with van der Waals surface area (Å²) in [5.41, 5.74) is 7.04. The predicted octanol–water partition coefficient (Wildman–Crippen LogP) is 2.86. The van der Waals surface area contributed by atoms with E-state index in [0.717, 1.165) is 18.9 Å². The van der Waals surface area contributed by atoms with Gasteiger partial charge in [-0.15, -0.1) is 11.3 Å². The zero-order chi connectivity index (χ0) is 9.97. The number of hydrogen-bond donors (Lipinski definition) is 1. The monoisotopic (exact) mass is 210 g/mol. The molecule has 1 fully saturated rings. The highest BCUT2D eigenvalue weighted by atomic mass is 32.1. The van der Waals surface area contributed by atoms with Gasteiger partial charge in [0.25, 0.3) is 0 Å². The summed E-state index contributed by atoms with van der Waals surface area (Å²) in [4.78, 5) is 4.71. The molecule has 1 heterocycles. The lowest BCUT2D eigenvalue weighted by Crippen LogP contribution is -2.13. The van der Waals surface area contributed by atoms with Gasteiger partial charge in [0.05, 0.1) is 10.7 Å². The maximum absolute atomic E-state index is 5.71. The average Bonchev–Trinajstić information content (AvgIpc) is 2.53. The van der Waals surface area contributed by atoms with Gasteiger partial charge in [-0.05, 0) is 19.3 Å². The van der Waals surface area contributed by atoms with Crippen molar-refractivity contribution >= 4 is 11.3 Å². The number of rotatable bonds is 4.